The summed E-state index contributed by atoms with van der Waals surface area (Å²) in [5, 5.41) is 0. The van der Waals surface area contributed by atoms with E-state index in [2.05, 4.69) is 19.1 Å². The summed E-state index contributed by atoms with van der Waals surface area (Å²) in [5.74, 6) is 0.0747. The lowest BCUT2D eigenvalue weighted by Crippen LogP contribution is -2.45. The van der Waals surface area contributed by atoms with Gasteiger partial charge in [-0.15, -0.1) is 0 Å². The number of hydrogen-bond donors (Lipinski definition) is 0. The van der Waals surface area contributed by atoms with E-state index in [9.17, 15) is 9.59 Å². The molecule has 25 heavy (non-hydrogen) atoms. The molecule has 1 aliphatic rings. The third-order valence-electron chi connectivity index (χ3n) is 4.72. The Balaban J connectivity index is 1.93. The predicted molar refractivity (Wildman–Crippen MR) is 98.2 cm³/mol. The van der Waals surface area contributed by atoms with E-state index in [1.807, 2.05) is 17.0 Å². The van der Waals surface area contributed by atoms with Crippen molar-refractivity contribution in [3.63, 3.8) is 0 Å². The fourth-order valence-electron chi connectivity index (χ4n) is 3.15. The van der Waals surface area contributed by atoms with Crippen LogP contribution in [0.1, 0.15) is 43.7 Å². The number of nitrogens with zero attached hydrogens (tertiary/aromatic N) is 2. The molecule has 138 valence electrons. The summed E-state index contributed by atoms with van der Waals surface area (Å²) in [6, 6.07) is 8.25. The van der Waals surface area contributed by atoms with E-state index in [4.69, 9.17) is 4.74 Å². The zero-order valence-corrected chi connectivity index (χ0v) is 15.5. The number of carbonyl (C=O) groups excluding carboxylic acids is 2. The molecule has 0 bridgehead atoms. The molecule has 1 aromatic carbocycles. The van der Waals surface area contributed by atoms with Crippen LogP contribution in [0.15, 0.2) is 24.3 Å². The van der Waals surface area contributed by atoms with Gasteiger partial charge in [-0.3, -0.25) is 9.59 Å². The maximum atomic E-state index is 12.7. The molecule has 0 unspecified atom stereocenters. The van der Waals surface area contributed by atoms with Gasteiger partial charge in [0.25, 0.3) is 0 Å². The fourth-order valence-corrected chi connectivity index (χ4v) is 3.15. The van der Waals surface area contributed by atoms with Crippen molar-refractivity contribution in [2.24, 2.45) is 0 Å². The summed E-state index contributed by atoms with van der Waals surface area (Å²) >= 11 is 0. The molecule has 0 saturated heterocycles. The van der Waals surface area contributed by atoms with Crippen molar-refractivity contribution in [1.29, 1.82) is 0 Å². The van der Waals surface area contributed by atoms with Gasteiger partial charge in [-0.25, -0.2) is 0 Å². The molecule has 0 atom stereocenters. The van der Waals surface area contributed by atoms with Crippen LogP contribution in [0, 0.1) is 0 Å². The minimum Gasteiger partial charge on any atom is -0.383 e. The van der Waals surface area contributed by atoms with Gasteiger partial charge in [0.15, 0.2) is 0 Å². The largest absolute Gasteiger partial charge is 0.383 e. The number of fused-ring (bicyclic) bond motifs is 1. The summed E-state index contributed by atoms with van der Waals surface area (Å²) in [6.45, 7) is 4.55. The Morgan fingerprint density at radius 1 is 1.20 bits per heavy atom. The molecule has 0 saturated carbocycles. The molecule has 0 aromatic heterocycles. The van der Waals surface area contributed by atoms with Gasteiger partial charge in [0.1, 0.15) is 0 Å². The highest BCUT2D eigenvalue weighted by Gasteiger charge is 2.24. The average Bonchev–Trinajstić information content (AvgIpc) is 2.64. The van der Waals surface area contributed by atoms with Gasteiger partial charge < -0.3 is 14.5 Å². The first-order valence-corrected chi connectivity index (χ1v) is 9.27. The third-order valence-corrected chi connectivity index (χ3v) is 4.72. The van der Waals surface area contributed by atoms with Crippen molar-refractivity contribution < 1.29 is 14.3 Å². The van der Waals surface area contributed by atoms with E-state index in [-0.39, 0.29) is 18.4 Å². The van der Waals surface area contributed by atoms with E-state index in [1.54, 1.807) is 12.0 Å². The maximum Gasteiger partial charge on any atom is 0.242 e. The molecule has 0 radical (unpaired) electrons. The third kappa shape index (κ3) is 5.85. The predicted octanol–water partition coefficient (Wildman–Crippen LogP) is 2.63. The number of methoxy groups -OCH3 is 1. The molecular formula is C20H30N2O3. The number of benzene rings is 1. The Labute approximate surface area is 150 Å². The first-order chi connectivity index (χ1) is 12.2. The van der Waals surface area contributed by atoms with Crippen molar-refractivity contribution >= 4 is 11.8 Å². The van der Waals surface area contributed by atoms with Crippen molar-refractivity contribution in [2.75, 3.05) is 33.4 Å². The lowest BCUT2D eigenvalue weighted by atomic mass is 10.00. The quantitative estimate of drug-likeness (QED) is 0.646. The molecule has 1 aliphatic heterocycles. The highest BCUT2D eigenvalue weighted by Crippen LogP contribution is 2.18. The van der Waals surface area contributed by atoms with Crippen LogP contribution in [0.3, 0.4) is 0 Å². The van der Waals surface area contributed by atoms with Gasteiger partial charge in [-0.05, 0) is 24.0 Å². The minimum absolute atomic E-state index is 0.0226. The van der Waals surface area contributed by atoms with E-state index in [1.165, 1.54) is 11.1 Å². The Kier molecular flexibility index (Phi) is 7.92. The molecule has 5 nitrogen and oxygen atoms in total. The Morgan fingerprint density at radius 2 is 1.96 bits per heavy atom. The maximum absolute atomic E-state index is 12.7. The molecule has 5 heteroatoms. The fraction of sp³-hybridized carbons (Fsp3) is 0.600. The van der Waals surface area contributed by atoms with Crippen LogP contribution in [0.5, 0.6) is 0 Å². The van der Waals surface area contributed by atoms with Crippen LogP contribution in [0.25, 0.3) is 0 Å². The van der Waals surface area contributed by atoms with E-state index in [0.29, 0.717) is 26.1 Å². The van der Waals surface area contributed by atoms with Crippen LogP contribution in [-0.4, -0.2) is 55.0 Å². The normalized spacial score (nSPS) is 13.4. The van der Waals surface area contributed by atoms with Crippen LogP contribution in [0.4, 0.5) is 0 Å². The summed E-state index contributed by atoms with van der Waals surface area (Å²) in [7, 11) is 1.61. The SMILES string of the molecule is CCCCCC(=O)N(CCOC)CC(=O)N1CCc2ccccc2C1. The number of amides is 2. The second-order valence-electron chi connectivity index (χ2n) is 6.60. The highest BCUT2D eigenvalue weighted by molar-refractivity contribution is 5.85. The molecule has 2 amide bonds. The van der Waals surface area contributed by atoms with Crippen LogP contribution in [0.2, 0.25) is 0 Å². The van der Waals surface area contributed by atoms with Crippen molar-refractivity contribution in [2.45, 2.75) is 45.6 Å². The summed E-state index contributed by atoms with van der Waals surface area (Å²) in [4.78, 5) is 28.7. The molecule has 1 heterocycles. The summed E-state index contributed by atoms with van der Waals surface area (Å²) in [5.41, 5.74) is 2.53. The van der Waals surface area contributed by atoms with Crippen LogP contribution < -0.4 is 0 Å². The number of carbonyl (C=O) groups is 2. The first kappa shape index (κ1) is 19.4. The Bertz CT molecular complexity index is 574. The van der Waals surface area contributed by atoms with Gasteiger partial charge in [0.2, 0.25) is 11.8 Å². The number of rotatable bonds is 9. The summed E-state index contributed by atoms with van der Waals surface area (Å²) < 4.78 is 5.10. The number of unbranched alkanes of at least 4 members (excludes halogenated alkanes) is 2. The van der Waals surface area contributed by atoms with Gasteiger partial charge in [0.05, 0.1) is 13.2 Å². The summed E-state index contributed by atoms with van der Waals surface area (Å²) in [6.07, 6.45) is 4.39. The first-order valence-electron chi connectivity index (χ1n) is 9.27. The van der Waals surface area contributed by atoms with Crippen LogP contribution >= 0.6 is 0 Å². The lowest BCUT2D eigenvalue weighted by Gasteiger charge is -2.31. The molecule has 0 spiro atoms. The molecule has 1 aromatic rings. The standard InChI is InChI=1S/C20H30N2O3/c1-3-4-5-10-19(23)22(13-14-25-2)16-20(24)21-12-11-17-8-6-7-9-18(17)15-21/h6-9H,3-5,10-16H2,1-2H3. The topological polar surface area (TPSA) is 49.9 Å². The van der Waals surface area contributed by atoms with Gasteiger partial charge in [-0.1, -0.05) is 44.0 Å². The Morgan fingerprint density at radius 3 is 2.68 bits per heavy atom. The lowest BCUT2D eigenvalue weighted by molar-refractivity contribution is -0.141. The minimum atomic E-state index is 0.0226. The van der Waals surface area contributed by atoms with Gasteiger partial charge in [-0.2, -0.15) is 0 Å². The monoisotopic (exact) mass is 346 g/mol. The van der Waals surface area contributed by atoms with Crippen molar-refractivity contribution in [1.82, 2.24) is 9.80 Å². The van der Waals surface area contributed by atoms with E-state index in [0.717, 1.165) is 32.2 Å². The van der Waals surface area contributed by atoms with E-state index < -0.39 is 0 Å². The second kappa shape index (κ2) is 10.2. The molecular weight excluding hydrogens is 316 g/mol. The molecule has 2 rings (SSSR count). The Hall–Kier alpha value is -1.88. The van der Waals surface area contributed by atoms with Crippen molar-refractivity contribution in [3.05, 3.63) is 35.4 Å². The van der Waals surface area contributed by atoms with Crippen LogP contribution in [-0.2, 0) is 27.3 Å². The zero-order chi connectivity index (χ0) is 18.1. The zero-order valence-electron chi connectivity index (χ0n) is 15.5. The molecule has 0 N–H and O–H groups in total. The number of ether oxygens (including phenoxy) is 1. The van der Waals surface area contributed by atoms with E-state index >= 15 is 0 Å². The van der Waals surface area contributed by atoms with Gasteiger partial charge >= 0.3 is 0 Å². The highest BCUT2D eigenvalue weighted by atomic mass is 16.5. The number of hydrogen-bond acceptors (Lipinski definition) is 3. The van der Waals surface area contributed by atoms with Gasteiger partial charge in [0, 0.05) is 33.2 Å². The van der Waals surface area contributed by atoms with Crippen molar-refractivity contribution in [3.8, 4) is 0 Å². The average molecular weight is 346 g/mol. The second-order valence-corrected chi connectivity index (χ2v) is 6.60. The molecule has 0 aliphatic carbocycles. The molecule has 0 fully saturated rings. The smallest absolute Gasteiger partial charge is 0.242 e.